The third-order valence-corrected chi connectivity index (χ3v) is 4.09. The van der Waals surface area contributed by atoms with E-state index < -0.39 is 10.0 Å². The Morgan fingerprint density at radius 3 is 2.76 bits per heavy atom. The maximum atomic E-state index is 12.2. The zero-order valence-electron chi connectivity index (χ0n) is 12.7. The highest BCUT2D eigenvalue weighted by atomic mass is 32.2. The molecule has 0 atom stereocenters. The van der Waals surface area contributed by atoms with E-state index in [4.69, 9.17) is 9.47 Å². The minimum Gasteiger partial charge on any atom is -0.382 e. The largest absolute Gasteiger partial charge is 0.382 e. The van der Waals surface area contributed by atoms with Gasteiger partial charge in [-0.05, 0) is 0 Å². The van der Waals surface area contributed by atoms with Crippen molar-refractivity contribution in [1.29, 1.82) is 0 Å². The molecular weight excluding hydrogens is 296 g/mol. The quantitative estimate of drug-likeness (QED) is 0.490. The second-order valence-corrected chi connectivity index (χ2v) is 6.47. The van der Waals surface area contributed by atoms with Crippen molar-refractivity contribution in [3.05, 3.63) is 11.8 Å². The minimum atomic E-state index is -3.61. The van der Waals surface area contributed by atoms with Crippen molar-refractivity contribution in [3.63, 3.8) is 0 Å². The summed E-state index contributed by atoms with van der Waals surface area (Å²) in [6, 6.07) is 0.262. The summed E-state index contributed by atoms with van der Waals surface area (Å²) >= 11 is 0. The second-order valence-electron chi connectivity index (χ2n) is 4.76. The van der Waals surface area contributed by atoms with E-state index in [0.717, 1.165) is 0 Å². The number of aromatic nitrogens is 2. The first kappa shape index (κ1) is 18.1. The van der Waals surface area contributed by atoms with Gasteiger partial charge in [-0.2, -0.15) is 5.10 Å². The van der Waals surface area contributed by atoms with Crippen LogP contribution in [0.5, 0.6) is 0 Å². The molecule has 1 rings (SSSR count). The molecule has 0 spiro atoms. The van der Waals surface area contributed by atoms with Crippen LogP contribution in [-0.4, -0.2) is 58.1 Å². The molecule has 21 heavy (non-hydrogen) atoms. The zero-order chi connectivity index (χ0) is 15.7. The van der Waals surface area contributed by atoms with E-state index in [-0.39, 0.29) is 24.2 Å². The fourth-order valence-corrected chi connectivity index (χ4v) is 2.68. The van der Waals surface area contributed by atoms with Crippen LogP contribution in [0.25, 0.3) is 0 Å². The Bertz CT molecular complexity index is 501. The van der Waals surface area contributed by atoms with Crippen molar-refractivity contribution in [3.8, 4) is 0 Å². The summed E-state index contributed by atoms with van der Waals surface area (Å²) in [5.74, 6) is 0. The molecule has 3 N–H and O–H groups in total. The number of hydrogen-bond acceptors (Lipinski definition) is 6. The van der Waals surface area contributed by atoms with E-state index in [9.17, 15) is 8.42 Å². The molecule has 0 unspecified atom stereocenters. The first-order valence-electron chi connectivity index (χ1n) is 6.79. The molecule has 0 aliphatic rings. The number of hydrogen-bond donors (Lipinski definition) is 3. The molecule has 8 nitrogen and oxygen atoms in total. The third kappa shape index (κ3) is 6.53. The van der Waals surface area contributed by atoms with Crippen LogP contribution in [0.1, 0.15) is 19.4 Å². The molecule has 122 valence electrons. The summed E-state index contributed by atoms with van der Waals surface area (Å²) < 4.78 is 36.8. The lowest BCUT2D eigenvalue weighted by Gasteiger charge is -2.10. The Morgan fingerprint density at radius 1 is 1.33 bits per heavy atom. The van der Waals surface area contributed by atoms with Gasteiger partial charge in [-0.1, -0.05) is 13.8 Å². The van der Waals surface area contributed by atoms with Gasteiger partial charge in [0.2, 0.25) is 0 Å². The molecule has 0 saturated heterocycles. The average molecular weight is 320 g/mol. The van der Waals surface area contributed by atoms with Crippen LogP contribution >= 0.6 is 0 Å². The van der Waals surface area contributed by atoms with Gasteiger partial charge in [-0.3, -0.25) is 5.10 Å². The molecular formula is C12H24N4O4S. The molecule has 0 fully saturated rings. The number of nitrogens with one attached hydrogen (secondary N) is 3. The van der Waals surface area contributed by atoms with Crippen molar-refractivity contribution in [2.45, 2.75) is 31.5 Å². The van der Waals surface area contributed by atoms with Gasteiger partial charge in [-0.25, -0.2) is 13.1 Å². The van der Waals surface area contributed by atoms with Crippen LogP contribution in [0.4, 0.5) is 0 Å². The number of nitrogens with zero attached hydrogens (tertiary/aromatic N) is 1. The molecule has 1 aromatic rings. The second kappa shape index (κ2) is 9.11. The molecule has 0 aliphatic heterocycles. The normalized spacial score (nSPS) is 12.2. The molecule has 0 bridgehead atoms. The van der Waals surface area contributed by atoms with Gasteiger partial charge >= 0.3 is 0 Å². The number of ether oxygens (including phenoxy) is 2. The first-order valence-corrected chi connectivity index (χ1v) is 8.27. The van der Waals surface area contributed by atoms with Crippen LogP contribution in [-0.2, 0) is 26.0 Å². The van der Waals surface area contributed by atoms with Crippen LogP contribution < -0.4 is 10.0 Å². The van der Waals surface area contributed by atoms with Crippen molar-refractivity contribution in [2.24, 2.45) is 0 Å². The lowest BCUT2D eigenvalue weighted by atomic mass is 10.3. The summed E-state index contributed by atoms with van der Waals surface area (Å²) in [5, 5.41) is 9.58. The summed E-state index contributed by atoms with van der Waals surface area (Å²) in [6.45, 7) is 5.82. The van der Waals surface area contributed by atoms with Gasteiger partial charge in [0, 0.05) is 31.8 Å². The first-order chi connectivity index (χ1) is 9.97. The van der Waals surface area contributed by atoms with E-state index in [2.05, 4.69) is 20.2 Å². The fourth-order valence-electron chi connectivity index (χ4n) is 1.54. The monoisotopic (exact) mass is 320 g/mol. The summed E-state index contributed by atoms with van der Waals surface area (Å²) in [5.41, 5.74) is 0.608. The number of H-pyrrole nitrogens is 1. The van der Waals surface area contributed by atoms with Gasteiger partial charge < -0.3 is 14.8 Å². The van der Waals surface area contributed by atoms with Crippen LogP contribution in [0.15, 0.2) is 11.2 Å². The highest BCUT2D eigenvalue weighted by Gasteiger charge is 2.20. The summed E-state index contributed by atoms with van der Waals surface area (Å²) in [4.78, 5) is 0. The van der Waals surface area contributed by atoms with Crippen LogP contribution in [0, 0.1) is 0 Å². The van der Waals surface area contributed by atoms with E-state index in [1.165, 1.54) is 6.20 Å². The van der Waals surface area contributed by atoms with Crippen molar-refractivity contribution in [2.75, 3.05) is 33.5 Å². The number of rotatable bonds is 11. The maximum absolute atomic E-state index is 12.2. The molecule has 0 radical (unpaired) electrons. The van der Waals surface area contributed by atoms with Crippen molar-refractivity contribution < 1.29 is 17.9 Å². The maximum Gasteiger partial charge on any atom is 0.257 e. The Morgan fingerprint density at radius 2 is 2.10 bits per heavy atom. The zero-order valence-corrected chi connectivity index (χ0v) is 13.5. The Kier molecular flexibility index (Phi) is 7.83. The topological polar surface area (TPSA) is 105 Å². The summed E-state index contributed by atoms with van der Waals surface area (Å²) in [7, 11) is -2.03. The third-order valence-electron chi connectivity index (χ3n) is 2.62. The molecule has 0 amide bonds. The molecule has 0 aromatic carbocycles. The van der Waals surface area contributed by atoms with Crippen molar-refractivity contribution >= 4 is 10.0 Å². The van der Waals surface area contributed by atoms with Crippen LogP contribution in [0.2, 0.25) is 0 Å². The lowest BCUT2D eigenvalue weighted by molar-refractivity contribution is 0.0736. The predicted molar refractivity (Wildman–Crippen MR) is 78.4 cm³/mol. The molecule has 1 heterocycles. The number of sulfonamides is 1. The molecule has 0 saturated carbocycles. The van der Waals surface area contributed by atoms with Crippen LogP contribution in [0.3, 0.4) is 0 Å². The van der Waals surface area contributed by atoms with Crippen molar-refractivity contribution in [1.82, 2.24) is 20.2 Å². The van der Waals surface area contributed by atoms with Gasteiger partial charge in [0.15, 0.2) is 5.03 Å². The van der Waals surface area contributed by atoms with E-state index in [0.29, 0.717) is 25.3 Å². The molecule has 0 aliphatic carbocycles. The Labute approximate surface area is 125 Å². The predicted octanol–water partition coefficient (Wildman–Crippen LogP) is -0.151. The van der Waals surface area contributed by atoms with E-state index >= 15 is 0 Å². The lowest BCUT2D eigenvalue weighted by Crippen LogP contribution is -2.30. The van der Waals surface area contributed by atoms with Gasteiger partial charge in [0.25, 0.3) is 10.0 Å². The van der Waals surface area contributed by atoms with E-state index in [1.54, 1.807) is 7.11 Å². The Hall–Kier alpha value is -1.00. The van der Waals surface area contributed by atoms with Gasteiger partial charge in [-0.15, -0.1) is 0 Å². The van der Waals surface area contributed by atoms with E-state index in [1.807, 2.05) is 13.8 Å². The number of methoxy groups -OCH3 is 1. The highest BCUT2D eigenvalue weighted by Crippen LogP contribution is 2.11. The molecule has 1 aromatic heterocycles. The van der Waals surface area contributed by atoms with Gasteiger partial charge in [0.1, 0.15) is 0 Å². The van der Waals surface area contributed by atoms with Gasteiger partial charge in [0.05, 0.1) is 26.0 Å². The highest BCUT2D eigenvalue weighted by molar-refractivity contribution is 7.89. The SMILES string of the molecule is COCCOCCNS(=O)(=O)c1[nH]ncc1CNC(C)C. The molecule has 9 heteroatoms. The standard InChI is InChI=1S/C12H24N4O4S/c1-10(2)13-8-11-9-14-16-12(11)21(17,18)15-4-5-20-7-6-19-3/h9-10,13,15H,4-8H2,1-3H3,(H,14,16). The number of aromatic amines is 1. The smallest absolute Gasteiger partial charge is 0.257 e. The summed E-state index contributed by atoms with van der Waals surface area (Å²) in [6.07, 6.45) is 1.51. The average Bonchev–Trinajstić information content (AvgIpc) is 2.89. The minimum absolute atomic E-state index is 0.0903. The fraction of sp³-hybridized carbons (Fsp3) is 0.750. The Balaban J connectivity index is 2.48.